The third-order valence-corrected chi connectivity index (χ3v) is 4.55. The van der Waals surface area contributed by atoms with E-state index in [4.69, 9.17) is 4.74 Å². The van der Waals surface area contributed by atoms with Crippen molar-refractivity contribution in [2.75, 3.05) is 13.7 Å². The zero-order valence-corrected chi connectivity index (χ0v) is 15.0. The van der Waals surface area contributed by atoms with Crippen LogP contribution in [0.25, 0.3) is 5.57 Å². The zero-order chi connectivity index (χ0) is 15.9. The monoisotopic (exact) mass is 363 g/mol. The van der Waals surface area contributed by atoms with Crippen LogP contribution in [0.3, 0.4) is 0 Å². The molecule has 0 bridgehead atoms. The van der Waals surface area contributed by atoms with Gasteiger partial charge in [-0.3, -0.25) is 5.01 Å². The van der Waals surface area contributed by atoms with E-state index in [1.54, 1.807) is 7.11 Å². The van der Waals surface area contributed by atoms with Crippen LogP contribution in [0, 0.1) is 6.92 Å². The summed E-state index contributed by atoms with van der Waals surface area (Å²) in [5, 5.41) is 5.64. The first-order chi connectivity index (χ1) is 10.5. The van der Waals surface area contributed by atoms with Gasteiger partial charge in [-0.2, -0.15) is 0 Å². The molecule has 0 aromatic heterocycles. The third-order valence-electron chi connectivity index (χ3n) is 4.12. The minimum Gasteiger partial charge on any atom is -0.496 e. The number of alkyl halides is 1. The fraction of sp³-hybridized carbons (Fsp3) is 0.412. The van der Waals surface area contributed by atoms with E-state index < -0.39 is 0 Å². The summed E-state index contributed by atoms with van der Waals surface area (Å²) in [7, 11) is 1.74. The summed E-state index contributed by atoms with van der Waals surface area (Å²) in [5.74, 6) is 2.50. The molecule has 5 heteroatoms. The molecule has 4 nitrogen and oxygen atoms in total. The van der Waals surface area contributed by atoms with Crippen molar-refractivity contribution in [3.8, 4) is 5.75 Å². The number of allylic oxidation sites excluding steroid dienone is 2. The van der Waals surface area contributed by atoms with Crippen molar-refractivity contribution in [2.24, 2.45) is 0 Å². The van der Waals surface area contributed by atoms with Crippen LogP contribution >= 0.6 is 15.9 Å². The molecule has 1 fully saturated rings. The Bertz CT molecular complexity index is 652. The smallest absolute Gasteiger partial charge is 0.152 e. The zero-order valence-electron chi connectivity index (χ0n) is 13.4. The lowest BCUT2D eigenvalue weighted by atomic mass is 9.92. The molecule has 1 aromatic carbocycles. The van der Waals surface area contributed by atoms with Crippen LogP contribution in [-0.2, 0) is 0 Å². The van der Waals surface area contributed by atoms with Gasteiger partial charge >= 0.3 is 0 Å². The van der Waals surface area contributed by atoms with Gasteiger partial charge in [0, 0.05) is 5.57 Å². The van der Waals surface area contributed by atoms with Crippen molar-refractivity contribution in [3.05, 3.63) is 46.8 Å². The van der Waals surface area contributed by atoms with Gasteiger partial charge in [0.15, 0.2) is 5.08 Å². The van der Waals surface area contributed by atoms with E-state index in [2.05, 4.69) is 76.7 Å². The normalized spacial score (nSPS) is 20.5. The molecular weight excluding hydrogens is 342 g/mol. The van der Waals surface area contributed by atoms with Crippen molar-refractivity contribution >= 4 is 21.5 Å². The van der Waals surface area contributed by atoms with E-state index in [0.717, 1.165) is 18.1 Å². The van der Waals surface area contributed by atoms with E-state index in [0.29, 0.717) is 5.92 Å². The van der Waals surface area contributed by atoms with Gasteiger partial charge < -0.3 is 10.1 Å². The van der Waals surface area contributed by atoms with Crippen LogP contribution < -0.4 is 15.5 Å². The molecule has 0 amide bonds. The van der Waals surface area contributed by atoms with Crippen LogP contribution in [0.15, 0.2) is 30.1 Å². The fourth-order valence-electron chi connectivity index (χ4n) is 2.99. The summed E-state index contributed by atoms with van der Waals surface area (Å²) >= 11 is 3.56. The predicted molar refractivity (Wildman–Crippen MR) is 93.6 cm³/mol. The number of hydrogen-bond donors (Lipinski definition) is 2. The van der Waals surface area contributed by atoms with Gasteiger partial charge in [-0.25, -0.2) is 5.43 Å². The molecule has 0 aliphatic carbocycles. The highest BCUT2D eigenvalue weighted by molar-refractivity contribution is 9.09. The number of nitrogens with zero attached hydrogens (tertiary/aromatic N) is 1. The lowest BCUT2D eigenvalue weighted by molar-refractivity contribution is 0.323. The van der Waals surface area contributed by atoms with E-state index >= 15 is 0 Å². The minimum absolute atomic E-state index is 0.0699. The molecule has 3 rings (SSSR count). The summed E-state index contributed by atoms with van der Waals surface area (Å²) in [6, 6.07) is 4.40. The van der Waals surface area contributed by atoms with Crippen molar-refractivity contribution in [1.82, 2.24) is 15.8 Å². The molecule has 0 saturated carbocycles. The van der Waals surface area contributed by atoms with Crippen molar-refractivity contribution in [2.45, 2.75) is 31.8 Å². The number of methoxy groups -OCH3 is 1. The molecule has 2 heterocycles. The summed E-state index contributed by atoms with van der Waals surface area (Å²) in [4.78, 5) is 0. The van der Waals surface area contributed by atoms with Crippen molar-refractivity contribution in [3.63, 3.8) is 0 Å². The molecule has 2 aliphatic rings. The van der Waals surface area contributed by atoms with E-state index in [1.807, 2.05) is 0 Å². The van der Waals surface area contributed by atoms with Gasteiger partial charge in [0.2, 0.25) is 0 Å². The minimum atomic E-state index is 0.0699. The highest BCUT2D eigenvalue weighted by atomic mass is 79.9. The second-order valence-corrected chi connectivity index (χ2v) is 6.89. The SMILES string of the molecule is COc1cc(C)c(C2=C3NC(Br)NN3CC=C2)cc1C(C)C. The Morgan fingerprint density at radius 2 is 2.14 bits per heavy atom. The average Bonchev–Trinajstić information content (AvgIpc) is 2.86. The van der Waals surface area contributed by atoms with Crippen LogP contribution in [-0.4, -0.2) is 23.7 Å². The van der Waals surface area contributed by atoms with E-state index in [-0.39, 0.29) is 5.08 Å². The van der Waals surface area contributed by atoms with Gasteiger partial charge in [0.25, 0.3) is 0 Å². The number of benzene rings is 1. The lowest BCUT2D eigenvalue weighted by Gasteiger charge is -2.24. The van der Waals surface area contributed by atoms with Gasteiger partial charge in [-0.15, -0.1) is 0 Å². The van der Waals surface area contributed by atoms with Crippen LogP contribution in [0.2, 0.25) is 0 Å². The summed E-state index contributed by atoms with van der Waals surface area (Å²) in [5.41, 5.74) is 8.25. The van der Waals surface area contributed by atoms with Gasteiger partial charge in [0.05, 0.1) is 13.7 Å². The molecule has 118 valence electrons. The topological polar surface area (TPSA) is 36.5 Å². The second-order valence-electron chi connectivity index (χ2n) is 5.98. The first kappa shape index (κ1) is 15.4. The Morgan fingerprint density at radius 3 is 2.82 bits per heavy atom. The lowest BCUT2D eigenvalue weighted by Crippen LogP contribution is -2.33. The molecule has 0 spiro atoms. The van der Waals surface area contributed by atoms with Gasteiger partial charge in [0.1, 0.15) is 11.6 Å². The molecule has 1 saturated heterocycles. The van der Waals surface area contributed by atoms with Gasteiger partial charge in [-0.1, -0.05) is 26.0 Å². The summed E-state index contributed by atoms with van der Waals surface area (Å²) < 4.78 is 5.55. The summed E-state index contributed by atoms with van der Waals surface area (Å²) in [6.45, 7) is 7.39. The number of hydrogen-bond acceptors (Lipinski definition) is 4. The van der Waals surface area contributed by atoms with Crippen LogP contribution in [0.1, 0.15) is 36.5 Å². The Kier molecular flexibility index (Phi) is 4.19. The number of ether oxygens (including phenoxy) is 1. The maximum absolute atomic E-state index is 5.55. The number of hydrazine groups is 1. The van der Waals surface area contributed by atoms with Crippen LogP contribution in [0.5, 0.6) is 5.75 Å². The number of nitrogens with one attached hydrogen (secondary N) is 2. The number of fused-ring (bicyclic) bond motifs is 1. The largest absolute Gasteiger partial charge is 0.496 e. The van der Waals surface area contributed by atoms with Crippen LogP contribution in [0.4, 0.5) is 0 Å². The number of rotatable bonds is 3. The molecule has 1 aromatic rings. The number of halogens is 1. The quantitative estimate of drug-likeness (QED) is 0.636. The molecular formula is C17H22BrN3O. The number of aryl methyl sites for hydroxylation is 1. The third kappa shape index (κ3) is 2.63. The Balaban J connectivity index is 2.13. The first-order valence-corrected chi connectivity index (χ1v) is 8.47. The average molecular weight is 364 g/mol. The highest BCUT2D eigenvalue weighted by Crippen LogP contribution is 2.35. The first-order valence-electron chi connectivity index (χ1n) is 7.55. The second kappa shape index (κ2) is 5.97. The predicted octanol–water partition coefficient (Wildman–Crippen LogP) is 3.45. The van der Waals surface area contributed by atoms with E-state index in [1.165, 1.54) is 22.3 Å². The molecule has 1 atom stereocenters. The molecule has 2 N–H and O–H groups in total. The van der Waals surface area contributed by atoms with Gasteiger partial charge in [-0.05, 0) is 57.6 Å². The van der Waals surface area contributed by atoms with Crippen molar-refractivity contribution < 1.29 is 4.74 Å². The maximum atomic E-state index is 5.55. The Labute approximate surface area is 140 Å². The molecule has 0 radical (unpaired) electrons. The standard InChI is InChI=1S/C17H22BrN3O/c1-10(2)13-9-14(11(3)8-15(13)22-4)12-6-5-7-21-16(12)19-17(18)20-21/h5-6,8-10,17,19-20H,7H2,1-4H3. The Hall–Kier alpha value is -1.46. The molecule has 2 aliphatic heterocycles. The molecule has 1 unspecified atom stereocenters. The Morgan fingerprint density at radius 1 is 1.36 bits per heavy atom. The summed E-state index contributed by atoms with van der Waals surface area (Å²) in [6.07, 6.45) is 4.38. The molecule has 22 heavy (non-hydrogen) atoms. The maximum Gasteiger partial charge on any atom is 0.152 e. The van der Waals surface area contributed by atoms with Crippen molar-refractivity contribution in [1.29, 1.82) is 0 Å². The fourth-order valence-corrected chi connectivity index (χ4v) is 3.45. The highest BCUT2D eigenvalue weighted by Gasteiger charge is 2.28. The van der Waals surface area contributed by atoms with E-state index in [9.17, 15) is 0 Å².